The van der Waals surface area contributed by atoms with E-state index in [4.69, 9.17) is 0 Å². The lowest BCUT2D eigenvalue weighted by molar-refractivity contribution is -0.138. The summed E-state index contributed by atoms with van der Waals surface area (Å²) in [5.74, 6) is 0. The molecule has 0 bridgehead atoms. The number of pyridine rings is 1. The van der Waals surface area contributed by atoms with E-state index < -0.39 is 29.8 Å². The van der Waals surface area contributed by atoms with E-state index in [2.05, 4.69) is 10.3 Å². The maximum Gasteiger partial charge on any atom is 0.416 e. The highest BCUT2D eigenvalue weighted by Crippen LogP contribution is 2.35. The van der Waals surface area contributed by atoms with E-state index in [1.807, 2.05) is 0 Å². The van der Waals surface area contributed by atoms with Gasteiger partial charge in [0.15, 0.2) is 0 Å². The monoisotopic (exact) mass is 268 g/mol. The van der Waals surface area contributed by atoms with E-state index >= 15 is 0 Å². The highest BCUT2D eigenvalue weighted by atomic mass is 19.4. The summed E-state index contributed by atoms with van der Waals surface area (Å²) in [4.78, 5) is 3.50. The molecule has 1 aromatic rings. The molecule has 1 heterocycles. The first-order valence-corrected chi connectivity index (χ1v) is 5.40. The Morgan fingerprint density at radius 1 is 1.33 bits per heavy atom. The highest BCUT2D eigenvalue weighted by molar-refractivity contribution is 5.29. The molecule has 0 aliphatic carbocycles. The summed E-state index contributed by atoms with van der Waals surface area (Å²) < 4.78 is 63.7. The Kier molecular flexibility index (Phi) is 5.01. The largest absolute Gasteiger partial charge is 0.416 e. The topological polar surface area (TPSA) is 24.9 Å². The van der Waals surface area contributed by atoms with Gasteiger partial charge in [0.1, 0.15) is 0 Å². The predicted molar refractivity (Wildman–Crippen MR) is 56.3 cm³/mol. The maximum absolute atomic E-state index is 12.8. The van der Waals surface area contributed by atoms with Gasteiger partial charge in [-0.2, -0.15) is 13.2 Å². The van der Waals surface area contributed by atoms with Gasteiger partial charge in [0.2, 0.25) is 0 Å². The summed E-state index contributed by atoms with van der Waals surface area (Å²) in [6, 6.07) is -0.950. The molecule has 0 saturated carbocycles. The number of hydrogen-bond donors (Lipinski definition) is 1. The first kappa shape index (κ1) is 14.8. The van der Waals surface area contributed by atoms with Crippen LogP contribution in [-0.4, -0.2) is 18.0 Å². The van der Waals surface area contributed by atoms with Gasteiger partial charge in [0, 0.05) is 18.0 Å². The van der Waals surface area contributed by atoms with Crippen LogP contribution in [0.2, 0.25) is 0 Å². The van der Waals surface area contributed by atoms with Crippen LogP contribution in [0.25, 0.3) is 0 Å². The molecular weight excluding hydrogens is 255 g/mol. The predicted octanol–water partition coefficient (Wildman–Crippen LogP) is 3.41. The molecule has 1 N–H and O–H groups in total. The van der Waals surface area contributed by atoms with E-state index in [1.54, 1.807) is 6.92 Å². The van der Waals surface area contributed by atoms with E-state index in [1.165, 1.54) is 0 Å². The lowest BCUT2D eigenvalue weighted by atomic mass is 10.0. The van der Waals surface area contributed by atoms with Gasteiger partial charge in [0.05, 0.1) is 11.6 Å². The molecule has 0 aliphatic rings. The summed E-state index contributed by atoms with van der Waals surface area (Å²) in [5.41, 5.74) is -1.60. The Morgan fingerprint density at radius 3 is 2.50 bits per heavy atom. The van der Waals surface area contributed by atoms with E-state index in [-0.39, 0.29) is 6.54 Å². The second-order valence-corrected chi connectivity index (χ2v) is 3.73. The summed E-state index contributed by atoms with van der Waals surface area (Å²) in [7, 11) is 0. The minimum Gasteiger partial charge on any atom is -0.305 e. The van der Waals surface area contributed by atoms with Crippen molar-refractivity contribution in [2.75, 3.05) is 6.54 Å². The zero-order valence-corrected chi connectivity index (χ0v) is 9.64. The number of halogens is 5. The van der Waals surface area contributed by atoms with Gasteiger partial charge in [-0.3, -0.25) is 4.98 Å². The molecule has 0 saturated heterocycles. The Hall–Kier alpha value is -1.24. The van der Waals surface area contributed by atoms with Crippen molar-refractivity contribution in [2.24, 2.45) is 0 Å². The lowest BCUT2D eigenvalue weighted by Gasteiger charge is -2.21. The molecule has 18 heavy (non-hydrogen) atoms. The van der Waals surface area contributed by atoms with Crippen LogP contribution in [0.15, 0.2) is 18.5 Å². The Bertz CT molecular complexity index is 378. The molecular formula is C11H13F5N2. The van der Waals surface area contributed by atoms with Gasteiger partial charge in [-0.1, -0.05) is 6.92 Å². The van der Waals surface area contributed by atoms with Gasteiger partial charge in [0.25, 0.3) is 6.43 Å². The number of nitrogens with one attached hydrogen (secondary N) is 1. The first-order chi connectivity index (χ1) is 8.38. The molecule has 0 aromatic carbocycles. The number of nitrogens with zero attached hydrogens (tertiary/aromatic N) is 1. The lowest BCUT2D eigenvalue weighted by Crippen LogP contribution is -2.30. The molecule has 0 spiro atoms. The van der Waals surface area contributed by atoms with Crippen molar-refractivity contribution >= 4 is 0 Å². The van der Waals surface area contributed by atoms with E-state index in [0.29, 0.717) is 12.5 Å². The third kappa shape index (κ3) is 3.63. The average molecular weight is 268 g/mol. The van der Waals surface area contributed by atoms with Crippen LogP contribution in [-0.2, 0) is 6.18 Å². The summed E-state index contributed by atoms with van der Waals surface area (Å²) >= 11 is 0. The molecule has 1 unspecified atom stereocenters. The van der Waals surface area contributed by atoms with Gasteiger partial charge in [-0.05, 0) is 19.0 Å². The zero-order chi connectivity index (χ0) is 13.8. The van der Waals surface area contributed by atoms with Crippen LogP contribution in [0.4, 0.5) is 22.0 Å². The van der Waals surface area contributed by atoms with E-state index in [9.17, 15) is 22.0 Å². The number of hydrogen-bond acceptors (Lipinski definition) is 2. The van der Waals surface area contributed by atoms with E-state index in [0.717, 1.165) is 12.4 Å². The van der Waals surface area contributed by atoms with Crippen LogP contribution >= 0.6 is 0 Å². The molecule has 0 aliphatic heterocycles. The quantitative estimate of drug-likeness (QED) is 0.828. The molecule has 1 atom stereocenters. The Morgan fingerprint density at radius 2 is 2.00 bits per heavy atom. The van der Waals surface area contributed by atoms with Crippen LogP contribution in [0.5, 0.6) is 0 Å². The van der Waals surface area contributed by atoms with Crippen LogP contribution < -0.4 is 5.32 Å². The fourth-order valence-corrected chi connectivity index (χ4v) is 1.55. The highest BCUT2D eigenvalue weighted by Gasteiger charge is 2.37. The second kappa shape index (κ2) is 6.08. The van der Waals surface area contributed by atoms with Crippen LogP contribution in [0.3, 0.4) is 0 Å². The molecule has 0 amide bonds. The SMILES string of the molecule is CCCNC(c1cnccc1C(F)(F)F)C(F)F. The second-order valence-electron chi connectivity index (χ2n) is 3.73. The molecule has 1 rings (SSSR count). The minimum atomic E-state index is -4.67. The van der Waals surface area contributed by atoms with Crippen molar-refractivity contribution in [2.45, 2.75) is 32.0 Å². The fourth-order valence-electron chi connectivity index (χ4n) is 1.55. The molecule has 0 radical (unpaired) electrons. The summed E-state index contributed by atoms with van der Waals surface area (Å²) in [5, 5.41) is 2.41. The Labute approximate surface area is 101 Å². The maximum atomic E-state index is 12.8. The van der Waals surface area contributed by atoms with Crippen molar-refractivity contribution in [3.63, 3.8) is 0 Å². The molecule has 2 nitrogen and oxygen atoms in total. The normalized spacial score (nSPS) is 13.9. The minimum absolute atomic E-state index is 0.210. The molecule has 1 aromatic heterocycles. The van der Waals surface area contributed by atoms with Crippen LogP contribution in [0.1, 0.15) is 30.5 Å². The molecule has 7 heteroatoms. The van der Waals surface area contributed by atoms with Crippen molar-refractivity contribution in [3.8, 4) is 0 Å². The van der Waals surface area contributed by atoms with Crippen molar-refractivity contribution < 1.29 is 22.0 Å². The molecule has 102 valence electrons. The average Bonchev–Trinajstić information content (AvgIpc) is 2.28. The van der Waals surface area contributed by atoms with Gasteiger partial charge in [-0.25, -0.2) is 8.78 Å². The summed E-state index contributed by atoms with van der Waals surface area (Å²) in [6.45, 7) is 1.95. The molecule has 0 fully saturated rings. The zero-order valence-electron chi connectivity index (χ0n) is 9.64. The number of aromatic nitrogens is 1. The standard InChI is InChI=1S/C11H13F5N2/c1-2-4-18-9(10(12)13)7-6-17-5-3-8(7)11(14,15)16/h3,5-6,9-10,18H,2,4H2,1H3. The van der Waals surface area contributed by atoms with Crippen molar-refractivity contribution in [3.05, 3.63) is 29.6 Å². The fraction of sp³-hybridized carbons (Fsp3) is 0.545. The summed E-state index contributed by atoms with van der Waals surface area (Å²) in [6.07, 6.45) is -5.27. The van der Waals surface area contributed by atoms with Crippen molar-refractivity contribution in [1.82, 2.24) is 10.3 Å². The number of rotatable bonds is 5. The van der Waals surface area contributed by atoms with Gasteiger partial charge < -0.3 is 5.32 Å². The Balaban J connectivity index is 3.11. The smallest absolute Gasteiger partial charge is 0.305 e. The number of alkyl halides is 5. The third-order valence-corrected chi connectivity index (χ3v) is 2.36. The van der Waals surface area contributed by atoms with Crippen molar-refractivity contribution in [1.29, 1.82) is 0 Å². The van der Waals surface area contributed by atoms with Gasteiger partial charge in [-0.15, -0.1) is 0 Å². The first-order valence-electron chi connectivity index (χ1n) is 5.40. The third-order valence-electron chi connectivity index (χ3n) is 2.36. The van der Waals surface area contributed by atoms with Gasteiger partial charge >= 0.3 is 6.18 Å². The van der Waals surface area contributed by atoms with Crippen LogP contribution in [0, 0.1) is 0 Å².